The molecule has 1 aromatic heterocycles. The van der Waals surface area contributed by atoms with Crippen LogP contribution in [0.25, 0.3) is 0 Å². The van der Waals surface area contributed by atoms with Crippen LogP contribution >= 0.6 is 0 Å². The van der Waals surface area contributed by atoms with E-state index >= 15 is 0 Å². The van der Waals surface area contributed by atoms with Crippen molar-refractivity contribution in [2.45, 2.75) is 13.0 Å². The maximum atomic E-state index is 12.6. The van der Waals surface area contributed by atoms with Gasteiger partial charge in [-0.3, -0.25) is 14.7 Å². The molecule has 1 atom stereocenters. The topological polar surface area (TPSA) is 78.0 Å². The van der Waals surface area contributed by atoms with Crippen molar-refractivity contribution >= 4 is 17.6 Å². The smallest absolute Gasteiger partial charge is 0.321 e. The van der Waals surface area contributed by atoms with Gasteiger partial charge in [0.2, 0.25) is 5.91 Å². The van der Waals surface area contributed by atoms with Gasteiger partial charge in [-0.1, -0.05) is 0 Å². The molecule has 8 nitrogen and oxygen atoms in total. The fourth-order valence-corrected chi connectivity index (χ4v) is 3.15. The van der Waals surface area contributed by atoms with Crippen molar-refractivity contribution in [1.29, 1.82) is 0 Å². The third-order valence-electron chi connectivity index (χ3n) is 4.76. The Hall–Kier alpha value is -2.19. The summed E-state index contributed by atoms with van der Waals surface area (Å²) in [6.45, 7) is 7.11. The number of piperazine rings is 1. The van der Waals surface area contributed by atoms with E-state index in [2.05, 4.69) is 15.2 Å². The number of carbonyl (C=O) groups is 2. The zero-order chi connectivity index (χ0) is 17.6. The monoisotopic (exact) mass is 347 g/mol. The van der Waals surface area contributed by atoms with E-state index in [4.69, 9.17) is 4.74 Å². The number of ether oxygens (including phenoxy) is 1. The van der Waals surface area contributed by atoms with E-state index in [0.29, 0.717) is 52.5 Å². The van der Waals surface area contributed by atoms with Crippen molar-refractivity contribution in [1.82, 2.24) is 19.7 Å². The van der Waals surface area contributed by atoms with E-state index in [1.165, 1.54) is 0 Å². The van der Waals surface area contributed by atoms with Crippen molar-refractivity contribution in [3.63, 3.8) is 0 Å². The van der Waals surface area contributed by atoms with Crippen LogP contribution in [0.3, 0.4) is 0 Å². The van der Waals surface area contributed by atoms with Crippen molar-refractivity contribution < 1.29 is 14.3 Å². The second-order valence-corrected chi connectivity index (χ2v) is 6.30. The van der Waals surface area contributed by atoms with Crippen LogP contribution in [0, 0.1) is 0 Å². The van der Waals surface area contributed by atoms with Crippen LogP contribution in [0.1, 0.15) is 6.92 Å². The van der Waals surface area contributed by atoms with Crippen LogP contribution in [-0.4, -0.2) is 90.1 Å². The number of hydrogen-bond acceptors (Lipinski definition) is 5. The lowest BCUT2D eigenvalue weighted by Gasteiger charge is -2.39. The largest absolute Gasteiger partial charge is 0.378 e. The molecule has 2 saturated heterocycles. The number of hydrogen-bond donors (Lipinski definition) is 1. The van der Waals surface area contributed by atoms with Gasteiger partial charge < -0.3 is 19.9 Å². The van der Waals surface area contributed by atoms with Gasteiger partial charge in [0.1, 0.15) is 0 Å². The number of carbonyl (C=O) groups excluding carboxylic acids is 2. The standard InChI is InChI=1S/C17H25N5O3/c1-14(16(23)21-10-12-25-13-11-21)20-6-8-22(9-7-20)17(24)19-15-2-4-18-5-3-15/h2-5,14H,6-13H2,1H3,(H,18,19,24). The molecule has 0 bridgehead atoms. The van der Waals surface area contributed by atoms with E-state index in [1.807, 2.05) is 11.8 Å². The summed E-state index contributed by atoms with van der Waals surface area (Å²) in [4.78, 5) is 34.6. The number of anilines is 1. The number of urea groups is 1. The van der Waals surface area contributed by atoms with Crippen molar-refractivity contribution in [2.75, 3.05) is 57.8 Å². The first kappa shape index (κ1) is 17.6. The third-order valence-corrected chi connectivity index (χ3v) is 4.76. The van der Waals surface area contributed by atoms with Gasteiger partial charge in [-0.2, -0.15) is 0 Å². The molecule has 25 heavy (non-hydrogen) atoms. The highest BCUT2D eigenvalue weighted by Crippen LogP contribution is 2.12. The van der Waals surface area contributed by atoms with Gasteiger partial charge >= 0.3 is 6.03 Å². The Kier molecular flexibility index (Phi) is 5.83. The van der Waals surface area contributed by atoms with E-state index in [9.17, 15) is 9.59 Å². The molecule has 0 aliphatic carbocycles. The average molecular weight is 347 g/mol. The van der Waals surface area contributed by atoms with Gasteiger partial charge in [0, 0.05) is 57.3 Å². The summed E-state index contributed by atoms with van der Waals surface area (Å²) < 4.78 is 5.30. The van der Waals surface area contributed by atoms with Crippen LogP contribution in [-0.2, 0) is 9.53 Å². The Morgan fingerprint density at radius 3 is 2.32 bits per heavy atom. The molecule has 1 N–H and O–H groups in total. The summed E-state index contributed by atoms with van der Waals surface area (Å²) in [5, 5.41) is 2.87. The maximum Gasteiger partial charge on any atom is 0.321 e. The lowest BCUT2D eigenvalue weighted by Crippen LogP contribution is -2.57. The molecule has 3 rings (SSSR count). The highest BCUT2D eigenvalue weighted by molar-refractivity contribution is 5.89. The lowest BCUT2D eigenvalue weighted by molar-refractivity contribution is -0.141. The number of nitrogens with one attached hydrogen (secondary N) is 1. The van der Waals surface area contributed by atoms with E-state index in [1.54, 1.807) is 29.4 Å². The second kappa shape index (κ2) is 8.26. The van der Waals surface area contributed by atoms with Crippen molar-refractivity contribution in [2.24, 2.45) is 0 Å². The highest BCUT2D eigenvalue weighted by atomic mass is 16.5. The first-order valence-corrected chi connectivity index (χ1v) is 8.71. The number of aromatic nitrogens is 1. The fourth-order valence-electron chi connectivity index (χ4n) is 3.15. The summed E-state index contributed by atoms with van der Waals surface area (Å²) in [5.41, 5.74) is 0.735. The normalized spacial score (nSPS) is 20.2. The molecule has 3 heterocycles. The predicted octanol–water partition coefficient (Wildman–Crippen LogP) is 0.478. The molecule has 2 aliphatic rings. The minimum atomic E-state index is -0.163. The molecule has 2 aliphatic heterocycles. The number of morpholine rings is 1. The molecule has 0 saturated carbocycles. The molecule has 1 unspecified atom stereocenters. The Morgan fingerprint density at radius 1 is 1.04 bits per heavy atom. The van der Waals surface area contributed by atoms with Crippen LogP contribution < -0.4 is 5.32 Å². The first-order valence-electron chi connectivity index (χ1n) is 8.71. The summed E-state index contributed by atoms with van der Waals surface area (Å²) in [5.74, 6) is 0.151. The Labute approximate surface area is 147 Å². The van der Waals surface area contributed by atoms with Gasteiger partial charge in [0.15, 0.2) is 0 Å². The van der Waals surface area contributed by atoms with Crippen molar-refractivity contribution in [3.8, 4) is 0 Å². The maximum absolute atomic E-state index is 12.6. The molecule has 3 amide bonds. The highest BCUT2D eigenvalue weighted by Gasteiger charge is 2.30. The van der Waals surface area contributed by atoms with E-state index < -0.39 is 0 Å². The number of rotatable bonds is 3. The number of nitrogens with zero attached hydrogens (tertiary/aromatic N) is 4. The molecular weight excluding hydrogens is 322 g/mol. The summed E-state index contributed by atoms with van der Waals surface area (Å²) in [6.07, 6.45) is 3.29. The van der Waals surface area contributed by atoms with Gasteiger partial charge in [0.25, 0.3) is 0 Å². The predicted molar refractivity (Wildman–Crippen MR) is 93.3 cm³/mol. The number of pyridine rings is 1. The molecule has 0 aromatic carbocycles. The molecule has 0 radical (unpaired) electrons. The molecule has 2 fully saturated rings. The lowest BCUT2D eigenvalue weighted by atomic mass is 10.2. The molecule has 0 spiro atoms. The van der Waals surface area contributed by atoms with Gasteiger partial charge in [0.05, 0.1) is 19.3 Å². The SMILES string of the molecule is CC(C(=O)N1CCOCC1)N1CCN(C(=O)Nc2ccncc2)CC1. The number of amides is 3. The molecular formula is C17H25N5O3. The zero-order valence-corrected chi connectivity index (χ0v) is 14.6. The van der Waals surface area contributed by atoms with Crippen LogP contribution in [0.4, 0.5) is 10.5 Å². The van der Waals surface area contributed by atoms with Gasteiger partial charge in [-0.25, -0.2) is 4.79 Å². The third kappa shape index (κ3) is 4.46. The Morgan fingerprint density at radius 2 is 1.68 bits per heavy atom. The quantitative estimate of drug-likeness (QED) is 0.860. The fraction of sp³-hybridized carbons (Fsp3) is 0.588. The van der Waals surface area contributed by atoms with Gasteiger partial charge in [-0.15, -0.1) is 0 Å². The summed E-state index contributed by atoms with van der Waals surface area (Å²) >= 11 is 0. The molecule has 8 heteroatoms. The summed E-state index contributed by atoms with van der Waals surface area (Å²) in [6, 6.07) is 3.25. The van der Waals surface area contributed by atoms with Crippen LogP contribution in [0.5, 0.6) is 0 Å². The van der Waals surface area contributed by atoms with Crippen LogP contribution in [0.15, 0.2) is 24.5 Å². The van der Waals surface area contributed by atoms with Crippen LogP contribution in [0.2, 0.25) is 0 Å². The average Bonchev–Trinajstić information content (AvgIpc) is 2.68. The first-order chi connectivity index (χ1) is 12.1. The van der Waals surface area contributed by atoms with Gasteiger partial charge in [-0.05, 0) is 19.1 Å². The van der Waals surface area contributed by atoms with E-state index in [-0.39, 0.29) is 18.0 Å². The van der Waals surface area contributed by atoms with Crippen molar-refractivity contribution in [3.05, 3.63) is 24.5 Å². The summed E-state index contributed by atoms with van der Waals surface area (Å²) in [7, 11) is 0. The minimum absolute atomic E-state index is 0.113. The Balaban J connectivity index is 1.47. The molecule has 1 aromatic rings. The Bertz CT molecular complexity index is 583. The van der Waals surface area contributed by atoms with E-state index in [0.717, 1.165) is 5.69 Å². The zero-order valence-electron chi connectivity index (χ0n) is 14.6. The molecule has 136 valence electrons. The second-order valence-electron chi connectivity index (χ2n) is 6.30. The minimum Gasteiger partial charge on any atom is -0.378 e.